The lowest BCUT2D eigenvalue weighted by Gasteiger charge is -2.11. The lowest BCUT2D eigenvalue weighted by atomic mass is 10.2. The third-order valence-corrected chi connectivity index (χ3v) is 6.23. The largest absolute Gasteiger partial charge is 0.362 e. The molecule has 0 bridgehead atoms. The molecule has 0 unspecified atom stereocenters. The molecule has 0 aliphatic carbocycles. The summed E-state index contributed by atoms with van der Waals surface area (Å²) in [6, 6.07) is 8.36. The van der Waals surface area contributed by atoms with E-state index in [4.69, 9.17) is 0 Å². The molecule has 1 saturated heterocycles. The van der Waals surface area contributed by atoms with Crippen molar-refractivity contribution in [2.24, 2.45) is 4.40 Å². The van der Waals surface area contributed by atoms with Crippen LogP contribution in [0.2, 0.25) is 0 Å². The van der Waals surface area contributed by atoms with E-state index in [0.29, 0.717) is 17.9 Å². The highest BCUT2D eigenvalue weighted by molar-refractivity contribution is 7.99. The standard InChI is InChI=1S/C18H18F2N4O3S2/c1-24-11-3-5-15(24)23-29(26,27)13-8-6-12(7-9-13)22-16(25)14-4-2-10-21-17(14)28-18(19)20/h2,4,6-10,18H,3,5,11H2,1H3,(H,22,25)/b23-15+. The van der Waals surface area contributed by atoms with Gasteiger partial charge in [-0.25, -0.2) is 4.98 Å². The van der Waals surface area contributed by atoms with Crippen LogP contribution in [0.5, 0.6) is 0 Å². The van der Waals surface area contributed by atoms with Crippen LogP contribution in [0.3, 0.4) is 0 Å². The summed E-state index contributed by atoms with van der Waals surface area (Å²) in [6.45, 7) is 0.763. The number of nitrogens with zero attached hydrogens (tertiary/aromatic N) is 3. The molecule has 3 rings (SSSR count). The van der Waals surface area contributed by atoms with Gasteiger partial charge in [-0.3, -0.25) is 4.79 Å². The first kappa shape index (κ1) is 21.2. The van der Waals surface area contributed by atoms with Gasteiger partial charge in [-0.2, -0.15) is 17.2 Å². The highest BCUT2D eigenvalue weighted by Gasteiger charge is 2.21. The first-order valence-corrected chi connectivity index (χ1v) is 10.9. The van der Waals surface area contributed by atoms with E-state index in [-0.39, 0.29) is 27.2 Å². The van der Waals surface area contributed by atoms with E-state index in [9.17, 15) is 22.0 Å². The third-order valence-electron chi connectivity index (χ3n) is 4.19. The zero-order chi connectivity index (χ0) is 21.0. The average molecular weight is 440 g/mol. The number of hydrogen-bond acceptors (Lipinski definition) is 5. The maximum absolute atomic E-state index is 12.6. The Hall–Kier alpha value is -2.53. The summed E-state index contributed by atoms with van der Waals surface area (Å²) in [5, 5.41) is 2.47. The average Bonchev–Trinajstić information content (AvgIpc) is 3.06. The van der Waals surface area contributed by atoms with Gasteiger partial charge >= 0.3 is 0 Å². The lowest BCUT2D eigenvalue weighted by Crippen LogP contribution is -2.20. The van der Waals surface area contributed by atoms with Crippen molar-refractivity contribution in [1.82, 2.24) is 9.88 Å². The number of thioether (sulfide) groups is 1. The van der Waals surface area contributed by atoms with E-state index in [1.54, 1.807) is 11.9 Å². The summed E-state index contributed by atoms with van der Waals surface area (Å²) in [6.07, 6.45) is 2.79. The Bertz CT molecular complexity index is 1030. The quantitative estimate of drug-likeness (QED) is 0.692. The number of amidine groups is 1. The van der Waals surface area contributed by atoms with Crippen molar-refractivity contribution in [2.75, 3.05) is 18.9 Å². The molecular formula is C18H18F2N4O3S2. The minimum Gasteiger partial charge on any atom is -0.362 e. The van der Waals surface area contributed by atoms with Crippen molar-refractivity contribution in [3.05, 3.63) is 48.2 Å². The minimum absolute atomic E-state index is 0.00128. The molecule has 154 valence electrons. The molecule has 11 heteroatoms. The number of pyridine rings is 1. The van der Waals surface area contributed by atoms with E-state index in [0.717, 1.165) is 13.0 Å². The second kappa shape index (κ2) is 8.87. The summed E-state index contributed by atoms with van der Waals surface area (Å²) in [5.74, 6) is -2.81. The van der Waals surface area contributed by atoms with Gasteiger partial charge in [0.2, 0.25) is 0 Å². The number of anilines is 1. The van der Waals surface area contributed by atoms with Gasteiger partial charge in [0.05, 0.1) is 10.5 Å². The van der Waals surface area contributed by atoms with Crippen LogP contribution in [0.25, 0.3) is 0 Å². The van der Waals surface area contributed by atoms with E-state index in [1.165, 1.54) is 42.6 Å². The summed E-state index contributed by atoms with van der Waals surface area (Å²) in [7, 11) is -2.07. The number of alkyl halides is 2. The number of halogens is 2. The van der Waals surface area contributed by atoms with Crippen LogP contribution in [-0.4, -0.2) is 49.4 Å². The fourth-order valence-corrected chi connectivity index (χ4v) is 4.42. The van der Waals surface area contributed by atoms with Gasteiger partial charge in [0, 0.05) is 31.9 Å². The van der Waals surface area contributed by atoms with Gasteiger partial charge in [0.25, 0.3) is 21.7 Å². The molecule has 0 atom stereocenters. The number of likely N-dealkylation sites (tertiary alicyclic amines) is 1. The number of benzene rings is 1. The molecule has 0 radical (unpaired) electrons. The van der Waals surface area contributed by atoms with Crippen molar-refractivity contribution in [3.8, 4) is 0 Å². The third kappa shape index (κ3) is 5.30. The lowest BCUT2D eigenvalue weighted by molar-refractivity contribution is 0.102. The molecule has 1 fully saturated rings. The molecular weight excluding hydrogens is 422 g/mol. The van der Waals surface area contributed by atoms with Gasteiger partial charge in [-0.05, 0) is 54.6 Å². The van der Waals surface area contributed by atoms with Crippen molar-refractivity contribution in [1.29, 1.82) is 0 Å². The molecule has 1 N–H and O–H groups in total. The Morgan fingerprint density at radius 1 is 1.28 bits per heavy atom. The number of carbonyl (C=O) groups is 1. The van der Waals surface area contributed by atoms with Crippen molar-refractivity contribution in [3.63, 3.8) is 0 Å². The fraction of sp³-hybridized carbons (Fsp3) is 0.278. The highest BCUT2D eigenvalue weighted by atomic mass is 32.2. The normalized spacial score (nSPS) is 15.9. The molecule has 1 aromatic carbocycles. The summed E-state index contributed by atoms with van der Waals surface area (Å²) < 4.78 is 54.1. The van der Waals surface area contributed by atoms with Crippen molar-refractivity contribution < 1.29 is 22.0 Å². The van der Waals surface area contributed by atoms with E-state index < -0.39 is 21.7 Å². The first-order valence-electron chi connectivity index (χ1n) is 8.62. The number of nitrogens with one attached hydrogen (secondary N) is 1. The van der Waals surface area contributed by atoms with Gasteiger partial charge in [0.15, 0.2) is 0 Å². The highest BCUT2D eigenvalue weighted by Crippen LogP contribution is 2.27. The monoisotopic (exact) mass is 440 g/mol. The second-order valence-corrected chi connectivity index (χ2v) is 8.80. The number of rotatable bonds is 6. The number of sulfonamides is 1. The van der Waals surface area contributed by atoms with Gasteiger partial charge in [0.1, 0.15) is 10.9 Å². The Morgan fingerprint density at radius 3 is 2.62 bits per heavy atom. The molecule has 1 amide bonds. The van der Waals surface area contributed by atoms with E-state index in [2.05, 4.69) is 14.7 Å². The molecule has 1 aromatic heterocycles. The topological polar surface area (TPSA) is 91.7 Å². The van der Waals surface area contributed by atoms with Crippen molar-refractivity contribution >= 4 is 39.2 Å². The number of carbonyl (C=O) groups excluding carboxylic acids is 1. The summed E-state index contributed by atoms with van der Waals surface area (Å²) in [4.78, 5) is 18.0. The van der Waals surface area contributed by atoms with Crippen LogP contribution in [0, 0.1) is 0 Å². The minimum atomic E-state index is -3.86. The number of aromatic nitrogens is 1. The zero-order valence-corrected chi connectivity index (χ0v) is 17.0. The van der Waals surface area contributed by atoms with Crippen LogP contribution < -0.4 is 5.32 Å². The molecule has 2 heterocycles. The van der Waals surface area contributed by atoms with Gasteiger partial charge < -0.3 is 10.2 Å². The maximum Gasteiger partial charge on any atom is 0.290 e. The molecule has 29 heavy (non-hydrogen) atoms. The van der Waals surface area contributed by atoms with Gasteiger partial charge in [-0.1, -0.05) is 0 Å². The first-order chi connectivity index (χ1) is 13.8. The van der Waals surface area contributed by atoms with Gasteiger partial charge in [-0.15, -0.1) is 4.40 Å². The maximum atomic E-state index is 12.6. The molecule has 2 aromatic rings. The van der Waals surface area contributed by atoms with Crippen LogP contribution in [-0.2, 0) is 10.0 Å². The van der Waals surface area contributed by atoms with Crippen LogP contribution in [0.15, 0.2) is 56.9 Å². The van der Waals surface area contributed by atoms with Crippen LogP contribution >= 0.6 is 11.8 Å². The molecule has 1 aliphatic heterocycles. The Morgan fingerprint density at radius 2 is 2.00 bits per heavy atom. The smallest absolute Gasteiger partial charge is 0.290 e. The Labute approximate surface area is 171 Å². The molecule has 7 nitrogen and oxygen atoms in total. The SMILES string of the molecule is CN1CCC/C1=N\S(=O)(=O)c1ccc(NC(=O)c2cccnc2SC(F)F)cc1. The van der Waals surface area contributed by atoms with E-state index >= 15 is 0 Å². The Kier molecular flexibility index (Phi) is 6.48. The molecule has 0 saturated carbocycles. The molecule has 0 spiro atoms. The predicted molar refractivity (Wildman–Crippen MR) is 107 cm³/mol. The second-order valence-electron chi connectivity index (χ2n) is 6.22. The zero-order valence-electron chi connectivity index (χ0n) is 15.4. The van der Waals surface area contributed by atoms with Crippen LogP contribution in [0.4, 0.5) is 14.5 Å². The van der Waals surface area contributed by atoms with Crippen LogP contribution in [0.1, 0.15) is 23.2 Å². The number of hydrogen-bond donors (Lipinski definition) is 1. The van der Waals surface area contributed by atoms with Crippen molar-refractivity contribution in [2.45, 2.75) is 28.5 Å². The van der Waals surface area contributed by atoms with E-state index in [1.807, 2.05) is 0 Å². The predicted octanol–water partition coefficient (Wildman–Crippen LogP) is 3.46. The summed E-state index contributed by atoms with van der Waals surface area (Å²) in [5.41, 5.74) is 0.321. The molecule has 1 aliphatic rings. The Balaban J connectivity index is 1.75. The summed E-state index contributed by atoms with van der Waals surface area (Å²) >= 11 is 0.182. The number of amides is 1. The fourth-order valence-electron chi connectivity index (χ4n) is 2.75.